The molecule has 0 atom stereocenters. The fourth-order valence-electron chi connectivity index (χ4n) is 1.47. The summed E-state index contributed by atoms with van der Waals surface area (Å²) >= 11 is 1.71. The van der Waals surface area contributed by atoms with E-state index in [-0.39, 0.29) is 0 Å². The molecule has 5 nitrogen and oxygen atoms in total. The second kappa shape index (κ2) is 8.05. The van der Waals surface area contributed by atoms with Gasteiger partial charge in [0.25, 0.3) is 0 Å². The highest BCUT2D eigenvalue weighted by Crippen LogP contribution is 2.10. The minimum Gasteiger partial charge on any atom is -0.356 e. The van der Waals surface area contributed by atoms with Gasteiger partial charge < -0.3 is 15.5 Å². The maximum Gasteiger partial charge on any atom is 0.191 e. The lowest BCUT2D eigenvalue weighted by molar-refractivity contribution is 0.399. The molecule has 0 amide bonds. The van der Waals surface area contributed by atoms with Crippen LogP contribution in [-0.4, -0.2) is 50.1 Å². The molecule has 0 aliphatic carbocycles. The SMILES string of the molecule is CN=C(NCCCN(C)C)NCc1ncc(C)s1. The summed E-state index contributed by atoms with van der Waals surface area (Å²) in [4.78, 5) is 11.9. The molecule has 0 aromatic carbocycles. The van der Waals surface area contributed by atoms with Crippen LogP contribution >= 0.6 is 11.3 Å². The van der Waals surface area contributed by atoms with Crippen molar-refractivity contribution in [3.8, 4) is 0 Å². The molecule has 0 saturated heterocycles. The van der Waals surface area contributed by atoms with Crippen LogP contribution in [0.25, 0.3) is 0 Å². The number of thiazole rings is 1. The van der Waals surface area contributed by atoms with E-state index in [2.05, 4.69) is 46.5 Å². The Morgan fingerprint density at radius 2 is 2.22 bits per heavy atom. The topological polar surface area (TPSA) is 52.6 Å². The summed E-state index contributed by atoms with van der Waals surface area (Å²) in [5.74, 6) is 0.835. The Kier molecular flexibility index (Phi) is 6.67. The molecule has 6 heteroatoms. The van der Waals surface area contributed by atoms with Gasteiger partial charge in [0, 0.05) is 24.7 Å². The van der Waals surface area contributed by atoms with Crippen molar-refractivity contribution in [2.45, 2.75) is 19.9 Å². The molecule has 0 fully saturated rings. The molecule has 0 radical (unpaired) electrons. The molecule has 1 heterocycles. The lowest BCUT2D eigenvalue weighted by Crippen LogP contribution is -2.38. The van der Waals surface area contributed by atoms with E-state index in [9.17, 15) is 0 Å². The Morgan fingerprint density at radius 3 is 2.78 bits per heavy atom. The fraction of sp³-hybridized carbons (Fsp3) is 0.667. The van der Waals surface area contributed by atoms with Crippen molar-refractivity contribution in [1.29, 1.82) is 0 Å². The first-order valence-corrected chi connectivity index (χ1v) is 6.94. The van der Waals surface area contributed by atoms with Gasteiger partial charge in [-0.25, -0.2) is 4.98 Å². The normalized spacial score (nSPS) is 11.9. The molecule has 0 unspecified atom stereocenters. The number of aromatic nitrogens is 1. The molecule has 1 aromatic rings. The lowest BCUT2D eigenvalue weighted by Gasteiger charge is -2.12. The Balaban J connectivity index is 2.22. The van der Waals surface area contributed by atoms with Crippen LogP contribution in [0.5, 0.6) is 0 Å². The summed E-state index contributed by atoms with van der Waals surface area (Å²) in [5.41, 5.74) is 0. The van der Waals surface area contributed by atoms with Crippen LogP contribution < -0.4 is 10.6 Å². The molecule has 0 aliphatic rings. The molecule has 0 saturated carbocycles. The van der Waals surface area contributed by atoms with E-state index in [0.717, 1.165) is 37.0 Å². The molecule has 102 valence electrons. The minimum atomic E-state index is 0.728. The van der Waals surface area contributed by atoms with E-state index in [0.29, 0.717) is 0 Å². The first-order valence-electron chi connectivity index (χ1n) is 6.12. The summed E-state index contributed by atoms with van der Waals surface area (Å²) in [7, 11) is 5.95. The standard InChI is InChI=1S/C12H23N5S/c1-10-8-15-11(18-10)9-16-12(13-2)14-6-5-7-17(3)4/h8H,5-7,9H2,1-4H3,(H2,13,14,16). The molecule has 0 aliphatic heterocycles. The molecule has 1 rings (SSSR count). The van der Waals surface area contributed by atoms with Crippen LogP contribution in [0, 0.1) is 6.92 Å². The van der Waals surface area contributed by atoms with Gasteiger partial charge in [-0.2, -0.15) is 0 Å². The van der Waals surface area contributed by atoms with E-state index in [1.807, 2.05) is 6.20 Å². The highest BCUT2D eigenvalue weighted by Gasteiger charge is 2.01. The number of nitrogens with one attached hydrogen (secondary N) is 2. The predicted octanol–water partition coefficient (Wildman–Crippen LogP) is 1.07. The number of hydrogen-bond acceptors (Lipinski definition) is 4. The lowest BCUT2D eigenvalue weighted by atomic mass is 10.4. The second-order valence-electron chi connectivity index (χ2n) is 4.37. The zero-order chi connectivity index (χ0) is 13.4. The third kappa shape index (κ3) is 5.97. The van der Waals surface area contributed by atoms with Crippen LogP contribution in [0.3, 0.4) is 0 Å². The maximum atomic E-state index is 4.31. The Hall–Kier alpha value is -1.14. The largest absolute Gasteiger partial charge is 0.356 e. The van der Waals surface area contributed by atoms with Gasteiger partial charge in [0.05, 0.1) is 6.54 Å². The van der Waals surface area contributed by atoms with Crippen LogP contribution in [0.4, 0.5) is 0 Å². The van der Waals surface area contributed by atoms with Crippen molar-refractivity contribution in [2.75, 3.05) is 34.2 Å². The van der Waals surface area contributed by atoms with Crippen molar-refractivity contribution in [2.24, 2.45) is 4.99 Å². The Bertz CT molecular complexity index is 372. The number of aliphatic imine (C=N–C) groups is 1. The van der Waals surface area contributed by atoms with Gasteiger partial charge in [-0.05, 0) is 34.0 Å². The molecule has 0 bridgehead atoms. The zero-order valence-corrected chi connectivity index (χ0v) is 12.5. The first kappa shape index (κ1) is 14.9. The van der Waals surface area contributed by atoms with Crippen molar-refractivity contribution in [3.63, 3.8) is 0 Å². The molecular formula is C12H23N5S. The van der Waals surface area contributed by atoms with Crippen molar-refractivity contribution >= 4 is 17.3 Å². The second-order valence-corrected chi connectivity index (χ2v) is 5.69. The summed E-state index contributed by atoms with van der Waals surface area (Å²) in [6, 6.07) is 0. The van der Waals surface area contributed by atoms with Gasteiger partial charge >= 0.3 is 0 Å². The number of hydrogen-bond donors (Lipinski definition) is 2. The Morgan fingerprint density at radius 1 is 1.44 bits per heavy atom. The van der Waals surface area contributed by atoms with E-state index in [4.69, 9.17) is 0 Å². The van der Waals surface area contributed by atoms with E-state index >= 15 is 0 Å². The van der Waals surface area contributed by atoms with Gasteiger partial charge in [0.1, 0.15) is 5.01 Å². The molecule has 18 heavy (non-hydrogen) atoms. The number of nitrogens with zero attached hydrogens (tertiary/aromatic N) is 3. The highest BCUT2D eigenvalue weighted by molar-refractivity contribution is 7.11. The van der Waals surface area contributed by atoms with E-state index < -0.39 is 0 Å². The molecule has 2 N–H and O–H groups in total. The fourth-order valence-corrected chi connectivity index (χ4v) is 2.19. The summed E-state index contributed by atoms with van der Waals surface area (Å²) in [6.07, 6.45) is 3.00. The van der Waals surface area contributed by atoms with Crippen molar-refractivity contribution < 1.29 is 0 Å². The van der Waals surface area contributed by atoms with E-state index in [1.165, 1.54) is 4.88 Å². The number of aryl methyl sites for hydroxylation is 1. The molecule has 1 aromatic heterocycles. The van der Waals surface area contributed by atoms with Crippen molar-refractivity contribution in [3.05, 3.63) is 16.1 Å². The van der Waals surface area contributed by atoms with Gasteiger partial charge in [0.2, 0.25) is 0 Å². The smallest absolute Gasteiger partial charge is 0.191 e. The highest BCUT2D eigenvalue weighted by atomic mass is 32.1. The first-order chi connectivity index (χ1) is 8.61. The third-order valence-corrected chi connectivity index (χ3v) is 3.29. The van der Waals surface area contributed by atoms with Gasteiger partial charge in [-0.1, -0.05) is 0 Å². The van der Waals surface area contributed by atoms with Crippen molar-refractivity contribution in [1.82, 2.24) is 20.5 Å². The average molecular weight is 269 g/mol. The summed E-state index contributed by atoms with van der Waals surface area (Å²) in [6.45, 7) is 4.80. The number of rotatable bonds is 6. The quantitative estimate of drug-likeness (QED) is 0.461. The predicted molar refractivity (Wildman–Crippen MR) is 78.2 cm³/mol. The van der Waals surface area contributed by atoms with E-state index in [1.54, 1.807) is 18.4 Å². The molecular weight excluding hydrogens is 246 g/mol. The Labute approximate surface area is 113 Å². The van der Waals surface area contributed by atoms with Gasteiger partial charge in [-0.15, -0.1) is 11.3 Å². The maximum absolute atomic E-state index is 4.31. The monoisotopic (exact) mass is 269 g/mol. The minimum absolute atomic E-state index is 0.728. The third-order valence-electron chi connectivity index (χ3n) is 2.37. The van der Waals surface area contributed by atoms with Gasteiger partial charge in [-0.3, -0.25) is 4.99 Å². The number of guanidine groups is 1. The van der Waals surface area contributed by atoms with Crippen LogP contribution in [0.2, 0.25) is 0 Å². The zero-order valence-electron chi connectivity index (χ0n) is 11.7. The average Bonchev–Trinajstić information content (AvgIpc) is 2.74. The molecule has 0 spiro atoms. The van der Waals surface area contributed by atoms with Crippen LogP contribution in [0.1, 0.15) is 16.3 Å². The van der Waals surface area contributed by atoms with Gasteiger partial charge in [0.15, 0.2) is 5.96 Å². The summed E-state index contributed by atoms with van der Waals surface area (Å²) < 4.78 is 0. The van der Waals surface area contributed by atoms with Crippen LogP contribution in [-0.2, 0) is 6.54 Å². The summed E-state index contributed by atoms with van der Waals surface area (Å²) in [5, 5.41) is 7.64. The van der Waals surface area contributed by atoms with Crippen LogP contribution in [0.15, 0.2) is 11.2 Å².